The van der Waals surface area contributed by atoms with E-state index in [0.717, 1.165) is 0 Å². The summed E-state index contributed by atoms with van der Waals surface area (Å²) in [6, 6.07) is 0. The first-order chi connectivity index (χ1) is 5.83. The van der Waals surface area contributed by atoms with E-state index in [0.29, 0.717) is 19.1 Å². The lowest BCUT2D eigenvalue weighted by atomic mass is 10.7. The van der Waals surface area contributed by atoms with Crippen molar-refractivity contribution in [1.82, 2.24) is 10.1 Å². The van der Waals surface area contributed by atoms with Gasteiger partial charge in [0.05, 0.1) is 13.2 Å². The molecule has 1 rings (SSSR count). The molecule has 5 nitrogen and oxygen atoms in total. The van der Waals surface area contributed by atoms with Gasteiger partial charge in [0.15, 0.2) is 0 Å². The van der Waals surface area contributed by atoms with Gasteiger partial charge in [0.2, 0.25) is 0 Å². The fraction of sp³-hybridized carbons (Fsp3) is 0.667. The second-order valence-corrected chi connectivity index (χ2v) is 2.34. The SMILES string of the molecule is COCCOCc1nc(Cl)no1. The minimum absolute atomic E-state index is 0.0975. The van der Waals surface area contributed by atoms with Crippen LogP contribution in [0.25, 0.3) is 0 Å². The predicted molar refractivity (Wildman–Crippen MR) is 40.8 cm³/mol. The highest BCUT2D eigenvalue weighted by atomic mass is 35.5. The zero-order chi connectivity index (χ0) is 8.81. The smallest absolute Gasteiger partial charge is 0.263 e. The minimum atomic E-state index is 0.0975. The molecule has 0 saturated carbocycles. The molecule has 1 aromatic rings. The summed E-state index contributed by atoms with van der Waals surface area (Å²) in [7, 11) is 1.60. The van der Waals surface area contributed by atoms with Gasteiger partial charge in [-0.05, 0) is 16.8 Å². The van der Waals surface area contributed by atoms with Gasteiger partial charge in [-0.2, -0.15) is 4.98 Å². The van der Waals surface area contributed by atoms with Crippen LogP contribution in [0.1, 0.15) is 5.89 Å². The van der Waals surface area contributed by atoms with E-state index >= 15 is 0 Å². The van der Waals surface area contributed by atoms with Crippen LogP contribution in [0, 0.1) is 0 Å². The first-order valence-corrected chi connectivity index (χ1v) is 3.75. The van der Waals surface area contributed by atoms with Crippen LogP contribution in [-0.4, -0.2) is 30.5 Å². The Labute approximate surface area is 74.6 Å². The molecule has 0 unspecified atom stereocenters. The monoisotopic (exact) mass is 192 g/mol. The molecule has 0 spiro atoms. The zero-order valence-corrected chi connectivity index (χ0v) is 7.37. The van der Waals surface area contributed by atoms with Crippen molar-refractivity contribution in [2.45, 2.75) is 6.61 Å². The van der Waals surface area contributed by atoms with Crippen LogP contribution < -0.4 is 0 Å². The van der Waals surface area contributed by atoms with Crippen molar-refractivity contribution in [3.05, 3.63) is 11.2 Å². The fourth-order valence-corrected chi connectivity index (χ4v) is 0.723. The Morgan fingerprint density at radius 3 is 2.92 bits per heavy atom. The van der Waals surface area contributed by atoms with Gasteiger partial charge in [0.1, 0.15) is 6.61 Å². The predicted octanol–water partition coefficient (Wildman–Crippen LogP) is 0.886. The van der Waals surface area contributed by atoms with Crippen LogP contribution in [0.4, 0.5) is 0 Å². The van der Waals surface area contributed by atoms with Gasteiger partial charge in [-0.25, -0.2) is 0 Å². The first kappa shape index (κ1) is 9.44. The van der Waals surface area contributed by atoms with Crippen molar-refractivity contribution >= 4 is 11.6 Å². The molecule has 0 aliphatic rings. The van der Waals surface area contributed by atoms with Crippen molar-refractivity contribution in [3.8, 4) is 0 Å². The molecule has 0 bridgehead atoms. The number of rotatable bonds is 5. The maximum atomic E-state index is 5.40. The molecule has 0 fully saturated rings. The summed E-state index contributed by atoms with van der Waals surface area (Å²) < 4.78 is 14.5. The Morgan fingerprint density at radius 1 is 1.50 bits per heavy atom. The van der Waals surface area contributed by atoms with Gasteiger partial charge < -0.3 is 14.0 Å². The summed E-state index contributed by atoms with van der Waals surface area (Å²) in [4.78, 5) is 3.73. The minimum Gasteiger partial charge on any atom is -0.382 e. The van der Waals surface area contributed by atoms with E-state index in [1.54, 1.807) is 7.11 Å². The van der Waals surface area contributed by atoms with E-state index in [-0.39, 0.29) is 11.9 Å². The highest BCUT2D eigenvalue weighted by molar-refractivity contribution is 6.28. The zero-order valence-electron chi connectivity index (χ0n) is 6.62. The molecule has 1 aromatic heterocycles. The number of hydrogen-bond acceptors (Lipinski definition) is 5. The molecule has 0 saturated heterocycles. The molecule has 68 valence electrons. The molecule has 6 heteroatoms. The largest absolute Gasteiger partial charge is 0.382 e. The summed E-state index contributed by atoms with van der Waals surface area (Å²) in [6.07, 6.45) is 0. The van der Waals surface area contributed by atoms with Crippen molar-refractivity contribution in [2.24, 2.45) is 0 Å². The molecular weight excluding hydrogens is 184 g/mol. The second kappa shape index (κ2) is 5.08. The summed E-state index contributed by atoms with van der Waals surface area (Å²) in [5.41, 5.74) is 0. The topological polar surface area (TPSA) is 57.4 Å². The summed E-state index contributed by atoms with van der Waals surface area (Å²) in [6.45, 7) is 1.31. The Morgan fingerprint density at radius 2 is 2.33 bits per heavy atom. The number of nitrogens with zero attached hydrogens (tertiary/aromatic N) is 2. The second-order valence-electron chi connectivity index (χ2n) is 2.00. The number of hydrogen-bond donors (Lipinski definition) is 0. The maximum Gasteiger partial charge on any atom is 0.263 e. The van der Waals surface area contributed by atoms with Gasteiger partial charge in [0.25, 0.3) is 11.2 Å². The molecule has 1 heterocycles. The van der Waals surface area contributed by atoms with Crippen molar-refractivity contribution in [1.29, 1.82) is 0 Å². The average Bonchev–Trinajstić information content (AvgIpc) is 2.45. The summed E-state index contributed by atoms with van der Waals surface area (Å²) >= 11 is 5.40. The third-order valence-electron chi connectivity index (χ3n) is 1.10. The van der Waals surface area contributed by atoms with E-state index in [1.165, 1.54) is 0 Å². The Hall–Kier alpha value is -0.650. The van der Waals surface area contributed by atoms with Crippen LogP contribution in [0.15, 0.2) is 4.52 Å². The van der Waals surface area contributed by atoms with E-state index < -0.39 is 0 Å². The molecule has 0 aliphatic heterocycles. The highest BCUT2D eigenvalue weighted by Gasteiger charge is 2.02. The molecular formula is C6H9ClN2O3. The molecule has 0 amide bonds. The van der Waals surface area contributed by atoms with Crippen molar-refractivity contribution in [2.75, 3.05) is 20.3 Å². The van der Waals surface area contributed by atoms with E-state index in [9.17, 15) is 0 Å². The molecule has 0 N–H and O–H groups in total. The highest BCUT2D eigenvalue weighted by Crippen LogP contribution is 2.03. The quantitative estimate of drug-likeness (QED) is 0.649. The van der Waals surface area contributed by atoms with E-state index in [1.807, 2.05) is 0 Å². The normalized spacial score (nSPS) is 10.5. The first-order valence-electron chi connectivity index (χ1n) is 3.37. The molecule has 0 radical (unpaired) electrons. The molecule has 0 atom stereocenters. The van der Waals surface area contributed by atoms with Crippen LogP contribution in [0.5, 0.6) is 0 Å². The van der Waals surface area contributed by atoms with Crippen LogP contribution in [-0.2, 0) is 16.1 Å². The standard InChI is InChI=1S/C6H9ClN2O3/c1-10-2-3-11-4-5-8-6(7)9-12-5/h2-4H2,1H3. The van der Waals surface area contributed by atoms with E-state index in [2.05, 4.69) is 14.7 Å². The Kier molecular flexibility index (Phi) is 3.99. The average molecular weight is 193 g/mol. The summed E-state index contributed by atoms with van der Waals surface area (Å²) in [5.74, 6) is 0.371. The van der Waals surface area contributed by atoms with Crippen LogP contribution in [0.2, 0.25) is 5.28 Å². The molecule has 0 aromatic carbocycles. The number of aromatic nitrogens is 2. The lowest BCUT2D eigenvalue weighted by molar-refractivity contribution is 0.0494. The van der Waals surface area contributed by atoms with Gasteiger partial charge in [0, 0.05) is 7.11 Å². The van der Waals surface area contributed by atoms with Gasteiger partial charge in [-0.15, -0.1) is 0 Å². The number of halogens is 1. The Bertz CT molecular complexity index is 228. The van der Waals surface area contributed by atoms with Crippen molar-refractivity contribution < 1.29 is 14.0 Å². The third-order valence-corrected chi connectivity index (χ3v) is 1.25. The van der Waals surface area contributed by atoms with Gasteiger partial charge in [-0.3, -0.25) is 0 Å². The molecule has 12 heavy (non-hydrogen) atoms. The lowest BCUT2D eigenvalue weighted by Gasteiger charge is -1.97. The van der Waals surface area contributed by atoms with Gasteiger partial charge in [-0.1, -0.05) is 0 Å². The summed E-state index contributed by atoms with van der Waals surface area (Å²) in [5, 5.41) is 3.48. The van der Waals surface area contributed by atoms with E-state index in [4.69, 9.17) is 21.1 Å². The third kappa shape index (κ3) is 3.17. The van der Waals surface area contributed by atoms with Gasteiger partial charge >= 0.3 is 0 Å². The maximum absolute atomic E-state index is 5.40. The van der Waals surface area contributed by atoms with Crippen LogP contribution >= 0.6 is 11.6 Å². The molecule has 0 aliphatic carbocycles. The number of ether oxygens (including phenoxy) is 2. The lowest BCUT2D eigenvalue weighted by Crippen LogP contribution is -2.01. The Balaban J connectivity index is 2.15. The van der Waals surface area contributed by atoms with Crippen LogP contribution in [0.3, 0.4) is 0 Å². The van der Waals surface area contributed by atoms with Crippen molar-refractivity contribution in [3.63, 3.8) is 0 Å². The number of methoxy groups -OCH3 is 1. The fourth-order valence-electron chi connectivity index (χ4n) is 0.594.